The molecule has 2 rings (SSSR count). The van der Waals surface area contributed by atoms with Crippen molar-refractivity contribution in [2.45, 2.75) is 19.6 Å². The molecule has 0 aliphatic heterocycles. The Bertz CT molecular complexity index is 1080. The molecule has 0 aliphatic rings. The van der Waals surface area contributed by atoms with Crippen molar-refractivity contribution in [3.63, 3.8) is 0 Å². The SMILES string of the molecule is C#Cc1ccc(OC)c(C#N)c1.C[Si](C)(C)C#Cc1ccc(F)c(C#N)c1.O=CO[O-].[Cs+]. The van der Waals surface area contributed by atoms with Crippen LogP contribution < -0.4 is 78.9 Å². The second-order valence-electron chi connectivity index (χ2n) is 6.67. The first kappa shape index (κ1) is 32.2. The topological polar surface area (TPSA) is 106 Å². The molecule has 0 N–H and O–H groups in total. The summed E-state index contributed by atoms with van der Waals surface area (Å²) in [7, 11) is 0.101. The minimum absolute atomic E-state index is 0. The molecule has 0 aliphatic carbocycles. The van der Waals surface area contributed by atoms with Gasteiger partial charge in [-0.25, -0.2) is 4.39 Å². The minimum atomic E-state index is -1.42. The quantitative estimate of drug-likeness (QED) is 0.165. The van der Waals surface area contributed by atoms with Crippen molar-refractivity contribution in [2.24, 2.45) is 0 Å². The van der Waals surface area contributed by atoms with E-state index in [1.165, 1.54) is 19.2 Å². The molecule has 158 valence electrons. The number of benzene rings is 2. The van der Waals surface area contributed by atoms with Gasteiger partial charge < -0.3 is 14.9 Å². The van der Waals surface area contributed by atoms with Gasteiger partial charge in [-0.2, -0.15) is 10.5 Å². The van der Waals surface area contributed by atoms with Crippen molar-refractivity contribution in [3.8, 4) is 41.7 Å². The number of nitriles is 2. The number of carbonyl (C=O) groups is 1. The first-order valence-electron chi connectivity index (χ1n) is 8.65. The molecule has 0 saturated carbocycles. The molecule has 0 radical (unpaired) electrons. The van der Waals surface area contributed by atoms with E-state index in [4.69, 9.17) is 31.7 Å². The Morgan fingerprint density at radius 3 is 2.03 bits per heavy atom. The molecule has 6 nitrogen and oxygen atoms in total. The van der Waals surface area contributed by atoms with Crippen LogP contribution in [0.5, 0.6) is 5.75 Å². The smallest absolute Gasteiger partial charge is 0.662 e. The van der Waals surface area contributed by atoms with E-state index in [1.807, 2.05) is 6.07 Å². The van der Waals surface area contributed by atoms with E-state index in [-0.39, 0.29) is 80.9 Å². The Morgan fingerprint density at radius 1 is 1.06 bits per heavy atom. The van der Waals surface area contributed by atoms with Crippen molar-refractivity contribution in [2.75, 3.05) is 7.11 Å². The number of methoxy groups -OCH3 is 1. The average Bonchev–Trinajstić information content (AvgIpc) is 2.78. The summed E-state index contributed by atoms with van der Waals surface area (Å²) in [4.78, 5) is 11.2. The maximum Gasteiger partial charge on any atom is 1.00 e. The molecule has 0 bridgehead atoms. The van der Waals surface area contributed by atoms with Gasteiger partial charge in [-0.15, -0.1) is 12.0 Å². The number of hydrogen-bond donors (Lipinski definition) is 0. The van der Waals surface area contributed by atoms with Crippen molar-refractivity contribution >= 4 is 14.5 Å². The van der Waals surface area contributed by atoms with Crippen LogP contribution in [0.15, 0.2) is 36.4 Å². The Morgan fingerprint density at radius 2 is 1.59 bits per heavy atom. The zero-order valence-electron chi connectivity index (χ0n) is 18.5. The van der Waals surface area contributed by atoms with Gasteiger partial charge in [0.25, 0.3) is 6.47 Å². The van der Waals surface area contributed by atoms with Gasteiger partial charge in [0.2, 0.25) is 0 Å². The monoisotopic (exact) mass is 568 g/mol. The van der Waals surface area contributed by atoms with E-state index in [0.717, 1.165) is 0 Å². The zero-order valence-corrected chi connectivity index (χ0v) is 25.8. The van der Waals surface area contributed by atoms with Crippen LogP contribution in [0.25, 0.3) is 0 Å². The molecule has 0 amide bonds. The fraction of sp³-hybridized carbons (Fsp3) is 0.174. The molecular formula is C23H20CsFN2O4Si. The predicted molar refractivity (Wildman–Crippen MR) is 114 cm³/mol. The molecule has 0 unspecified atom stereocenters. The van der Waals surface area contributed by atoms with Gasteiger partial charge in [-0.1, -0.05) is 31.5 Å². The number of rotatable bonds is 2. The van der Waals surface area contributed by atoms with Crippen LogP contribution in [-0.2, 0) is 9.68 Å². The van der Waals surface area contributed by atoms with Crippen LogP contribution in [0.4, 0.5) is 4.39 Å². The summed E-state index contributed by atoms with van der Waals surface area (Å²) in [6.07, 6.45) is 5.16. The zero-order chi connectivity index (χ0) is 23.9. The predicted octanol–water partition coefficient (Wildman–Crippen LogP) is -0.0868. The Kier molecular flexibility index (Phi) is 17.6. The molecule has 0 heterocycles. The third kappa shape index (κ3) is 13.4. The van der Waals surface area contributed by atoms with Crippen LogP contribution in [-0.4, -0.2) is 21.7 Å². The minimum Gasteiger partial charge on any atom is -0.662 e. The maximum atomic E-state index is 13.0. The average molecular weight is 568 g/mol. The summed E-state index contributed by atoms with van der Waals surface area (Å²) in [6.45, 7) is 6.22. The molecule has 9 heteroatoms. The second-order valence-corrected chi connectivity index (χ2v) is 11.4. The van der Waals surface area contributed by atoms with Crippen LogP contribution in [0.1, 0.15) is 22.3 Å². The van der Waals surface area contributed by atoms with Gasteiger partial charge in [0, 0.05) is 11.1 Å². The van der Waals surface area contributed by atoms with Crippen molar-refractivity contribution in [1.29, 1.82) is 10.5 Å². The summed E-state index contributed by atoms with van der Waals surface area (Å²) >= 11 is 0. The Hall–Kier alpha value is -2.03. The van der Waals surface area contributed by atoms with Gasteiger partial charge >= 0.3 is 68.9 Å². The van der Waals surface area contributed by atoms with Crippen LogP contribution in [0, 0.1) is 52.3 Å². The fourth-order valence-corrected chi connectivity index (χ4v) is 2.35. The molecule has 0 aromatic heterocycles. The van der Waals surface area contributed by atoms with Gasteiger partial charge in [-0.05, 0) is 36.4 Å². The summed E-state index contributed by atoms with van der Waals surface area (Å²) in [5.74, 6) is 5.49. The number of terminal acetylenes is 1. The van der Waals surface area contributed by atoms with E-state index in [0.29, 0.717) is 22.4 Å². The molecule has 0 spiro atoms. The van der Waals surface area contributed by atoms with Gasteiger partial charge in [0.1, 0.15) is 31.8 Å². The normalized spacial score (nSPS) is 8.47. The van der Waals surface area contributed by atoms with Crippen LogP contribution in [0.2, 0.25) is 19.6 Å². The summed E-state index contributed by atoms with van der Waals surface area (Å²) in [5.41, 5.74) is 5.08. The van der Waals surface area contributed by atoms with Crippen LogP contribution in [0.3, 0.4) is 0 Å². The van der Waals surface area contributed by atoms with Crippen molar-refractivity contribution < 1.29 is 93.0 Å². The molecule has 0 saturated heterocycles. The maximum absolute atomic E-state index is 13.0. The van der Waals surface area contributed by atoms with E-state index in [2.05, 4.69) is 41.9 Å². The first-order chi connectivity index (χ1) is 14.6. The molecule has 2 aromatic rings. The second kappa shape index (κ2) is 17.5. The largest absolute Gasteiger partial charge is 1.00 e. The Balaban J connectivity index is 0. The number of ether oxygens (including phenoxy) is 1. The van der Waals surface area contributed by atoms with Gasteiger partial charge in [0.15, 0.2) is 0 Å². The molecular weight excluding hydrogens is 548 g/mol. The first-order valence-corrected chi connectivity index (χ1v) is 12.2. The molecule has 2 aromatic carbocycles. The number of hydrogen-bond acceptors (Lipinski definition) is 6. The standard InChI is InChI=1S/C12H12FNSi.C10H7NO.CH2O3.Cs/c1-15(2,3)7-6-10-4-5-12(13)11(8-10)9-14;1-3-8-4-5-10(12-2)9(6-8)7-11;2-1-4-3;/h4-5,8H,1-3H3;1,4-6H,2H3;1,3H;/q;;;+1/p-1. The number of halogens is 1. The third-order valence-corrected chi connectivity index (χ3v) is 4.07. The van der Waals surface area contributed by atoms with E-state index in [9.17, 15) is 4.39 Å². The molecule has 0 atom stereocenters. The fourth-order valence-electron chi connectivity index (χ4n) is 1.83. The summed E-state index contributed by atoms with van der Waals surface area (Å²) in [5, 5.41) is 25.7. The van der Waals surface area contributed by atoms with E-state index in [1.54, 1.807) is 30.3 Å². The molecule has 0 fully saturated rings. The van der Waals surface area contributed by atoms with Crippen molar-refractivity contribution in [3.05, 3.63) is 64.5 Å². The van der Waals surface area contributed by atoms with E-state index < -0.39 is 13.9 Å². The Labute approximate surface area is 247 Å². The third-order valence-electron chi connectivity index (χ3n) is 3.19. The number of nitrogens with zero attached hydrogens (tertiary/aromatic N) is 2. The summed E-state index contributed by atoms with van der Waals surface area (Å²) in [6, 6.07) is 13.2. The van der Waals surface area contributed by atoms with Gasteiger partial charge in [-0.3, -0.25) is 4.79 Å². The number of carbonyl (C=O) groups excluding carboxylic acids is 1. The van der Waals surface area contributed by atoms with E-state index >= 15 is 0 Å². The molecule has 32 heavy (non-hydrogen) atoms. The summed E-state index contributed by atoms with van der Waals surface area (Å²) < 4.78 is 17.9. The van der Waals surface area contributed by atoms with Crippen LogP contribution >= 0.6 is 0 Å². The van der Waals surface area contributed by atoms with Gasteiger partial charge in [0.05, 0.1) is 18.2 Å². The van der Waals surface area contributed by atoms with Crippen molar-refractivity contribution in [1.82, 2.24) is 0 Å².